The molecule has 0 amide bonds. The molecule has 4 nitrogen and oxygen atoms in total. The van der Waals surface area contributed by atoms with Gasteiger partial charge in [0.25, 0.3) is 0 Å². The lowest BCUT2D eigenvalue weighted by molar-refractivity contribution is -0.137. The fraction of sp³-hybridized carbons (Fsp3) is 0.375. The van der Waals surface area contributed by atoms with Gasteiger partial charge in [-0.05, 0) is 25.0 Å². The van der Waals surface area contributed by atoms with Crippen LogP contribution in [0.5, 0.6) is 0 Å². The van der Waals surface area contributed by atoms with Crippen molar-refractivity contribution in [1.29, 1.82) is 0 Å². The second-order valence-corrected chi connectivity index (χ2v) is 5.78. The van der Waals surface area contributed by atoms with Crippen molar-refractivity contribution in [1.82, 2.24) is 4.98 Å². The maximum absolute atomic E-state index is 10.7. The van der Waals surface area contributed by atoms with Crippen molar-refractivity contribution in [3.63, 3.8) is 0 Å². The summed E-state index contributed by atoms with van der Waals surface area (Å²) in [4.78, 5) is 17.5. The van der Waals surface area contributed by atoms with Crippen LogP contribution < -0.4 is 4.90 Å². The molecule has 112 valence electrons. The zero-order chi connectivity index (χ0) is 15.1. The van der Waals surface area contributed by atoms with Crippen molar-refractivity contribution >= 4 is 23.0 Å². The van der Waals surface area contributed by atoms with Gasteiger partial charge in [-0.25, -0.2) is 4.98 Å². The zero-order valence-electron chi connectivity index (χ0n) is 12.2. The van der Waals surface area contributed by atoms with Crippen molar-refractivity contribution in [3.05, 3.63) is 46.4 Å². The van der Waals surface area contributed by atoms with Crippen LogP contribution in [-0.4, -0.2) is 22.6 Å². The molecule has 2 aromatic rings. The van der Waals surface area contributed by atoms with Gasteiger partial charge < -0.3 is 10.0 Å². The highest BCUT2D eigenvalue weighted by molar-refractivity contribution is 7.09. The highest BCUT2D eigenvalue weighted by Gasteiger charge is 2.10. The topological polar surface area (TPSA) is 53.4 Å². The molecule has 0 radical (unpaired) electrons. The molecule has 0 fully saturated rings. The minimum absolute atomic E-state index is 0.195. The standard InChI is InChI=1S/C16H20N2O2S/c1-2-15-17-13(12-21-15)11-18(10-6-9-16(19)20)14-7-4-3-5-8-14/h3-5,7-8,12H,2,6,9-11H2,1H3,(H,19,20). The van der Waals surface area contributed by atoms with Crippen LogP contribution in [0.25, 0.3) is 0 Å². The number of benzene rings is 1. The van der Waals surface area contributed by atoms with E-state index in [1.54, 1.807) is 11.3 Å². The largest absolute Gasteiger partial charge is 0.481 e. The number of anilines is 1. The van der Waals surface area contributed by atoms with Gasteiger partial charge in [0.15, 0.2) is 0 Å². The summed E-state index contributed by atoms with van der Waals surface area (Å²) >= 11 is 1.68. The van der Waals surface area contributed by atoms with E-state index < -0.39 is 5.97 Å². The lowest BCUT2D eigenvalue weighted by Gasteiger charge is -2.23. The van der Waals surface area contributed by atoms with E-state index in [2.05, 4.69) is 22.2 Å². The van der Waals surface area contributed by atoms with E-state index in [1.807, 2.05) is 30.3 Å². The Labute approximate surface area is 129 Å². The molecule has 21 heavy (non-hydrogen) atoms. The van der Waals surface area contributed by atoms with Gasteiger partial charge in [-0.1, -0.05) is 25.1 Å². The molecule has 1 N–H and O–H groups in total. The van der Waals surface area contributed by atoms with Crippen molar-refractivity contribution in [2.45, 2.75) is 32.7 Å². The molecule has 0 aliphatic heterocycles. The molecule has 1 heterocycles. The molecule has 2 rings (SSSR count). The second kappa shape index (κ2) is 7.78. The quantitative estimate of drug-likeness (QED) is 0.810. The van der Waals surface area contributed by atoms with Gasteiger partial charge in [-0.15, -0.1) is 11.3 Å². The summed E-state index contributed by atoms with van der Waals surface area (Å²) in [6.45, 7) is 3.54. The molecule has 0 spiro atoms. The fourth-order valence-corrected chi connectivity index (χ4v) is 2.87. The molecule has 0 unspecified atom stereocenters. The number of thiazole rings is 1. The number of hydrogen-bond donors (Lipinski definition) is 1. The van der Waals surface area contributed by atoms with Gasteiger partial charge in [-0.2, -0.15) is 0 Å². The fourth-order valence-electron chi connectivity index (χ4n) is 2.14. The lowest BCUT2D eigenvalue weighted by atomic mass is 10.2. The normalized spacial score (nSPS) is 10.5. The molecule has 0 bridgehead atoms. The molecule has 0 saturated heterocycles. The van der Waals surface area contributed by atoms with Crippen LogP contribution in [0, 0.1) is 0 Å². The highest BCUT2D eigenvalue weighted by Crippen LogP contribution is 2.19. The SMILES string of the molecule is CCc1nc(CN(CCCC(=O)O)c2ccccc2)cs1. The van der Waals surface area contributed by atoms with Gasteiger partial charge in [0.2, 0.25) is 0 Å². The van der Waals surface area contributed by atoms with E-state index in [0.717, 1.165) is 35.9 Å². The van der Waals surface area contributed by atoms with Gasteiger partial charge in [0.05, 0.1) is 17.2 Å². The average Bonchev–Trinajstić information content (AvgIpc) is 2.94. The second-order valence-electron chi connectivity index (χ2n) is 4.84. The van der Waals surface area contributed by atoms with Gasteiger partial charge in [-0.3, -0.25) is 4.79 Å². The summed E-state index contributed by atoms with van der Waals surface area (Å²) in [5.74, 6) is -0.745. The summed E-state index contributed by atoms with van der Waals surface area (Å²) in [5.41, 5.74) is 2.16. The Morgan fingerprint density at radius 2 is 2.10 bits per heavy atom. The minimum Gasteiger partial charge on any atom is -0.481 e. The Balaban J connectivity index is 2.05. The molecule has 0 aliphatic rings. The summed E-state index contributed by atoms with van der Waals surface area (Å²) < 4.78 is 0. The van der Waals surface area contributed by atoms with Gasteiger partial charge >= 0.3 is 5.97 Å². The third-order valence-corrected chi connectivity index (χ3v) is 4.24. The molecule has 0 saturated carbocycles. The number of carboxylic acid groups (broad SMARTS) is 1. The van der Waals surface area contributed by atoms with Crippen LogP contribution in [-0.2, 0) is 17.8 Å². The average molecular weight is 304 g/mol. The third-order valence-electron chi connectivity index (χ3n) is 3.19. The molecule has 0 atom stereocenters. The van der Waals surface area contributed by atoms with E-state index in [9.17, 15) is 4.79 Å². The summed E-state index contributed by atoms with van der Waals surface area (Å²) in [6, 6.07) is 10.1. The molecule has 0 aliphatic carbocycles. The van der Waals surface area contributed by atoms with E-state index in [1.165, 1.54) is 0 Å². The first-order valence-electron chi connectivity index (χ1n) is 7.14. The van der Waals surface area contributed by atoms with Crippen molar-refractivity contribution in [2.75, 3.05) is 11.4 Å². The Morgan fingerprint density at radius 1 is 1.33 bits per heavy atom. The summed E-state index contributed by atoms with van der Waals surface area (Å²) in [7, 11) is 0. The first-order valence-corrected chi connectivity index (χ1v) is 8.02. The van der Waals surface area contributed by atoms with E-state index in [-0.39, 0.29) is 6.42 Å². The lowest BCUT2D eigenvalue weighted by Crippen LogP contribution is -2.24. The number of aryl methyl sites for hydroxylation is 1. The first-order chi connectivity index (χ1) is 10.2. The monoisotopic (exact) mass is 304 g/mol. The van der Waals surface area contributed by atoms with Crippen molar-refractivity contribution < 1.29 is 9.90 Å². The number of aliphatic carboxylic acids is 1. The molecular weight excluding hydrogens is 284 g/mol. The van der Waals surface area contributed by atoms with E-state index >= 15 is 0 Å². The van der Waals surface area contributed by atoms with Gasteiger partial charge in [0.1, 0.15) is 0 Å². The Bertz CT molecular complexity index is 569. The van der Waals surface area contributed by atoms with E-state index in [0.29, 0.717) is 6.42 Å². The molecule has 1 aromatic heterocycles. The summed E-state index contributed by atoms with van der Waals surface area (Å²) in [6.07, 6.45) is 1.78. The van der Waals surface area contributed by atoms with Crippen LogP contribution >= 0.6 is 11.3 Å². The van der Waals surface area contributed by atoms with Crippen LogP contribution in [0.4, 0.5) is 5.69 Å². The predicted octanol–water partition coefficient (Wildman–Crippen LogP) is 3.58. The van der Waals surface area contributed by atoms with Gasteiger partial charge in [0, 0.05) is 24.0 Å². The zero-order valence-corrected chi connectivity index (χ0v) is 13.0. The minimum atomic E-state index is -0.745. The van der Waals surface area contributed by atoms with Crippen LogP contribution in [0.2, 0.25) is 0 Å². The highest BCUT2D eigenvalue weighted by atomic mass is 32.1. The number of nitrogens with zero attached hydrogens (tertiary/aromatic N) is 2. The van der Waals surface area contributed by atoms with Crippen LogP contribution in [0.1, 0.15) is 30.5 Å². The summed E-state index contributed by atoms with van der Waals surface area (Å²) in [5, 5.41) is 12.0. The predicted molar refractivity (Wildman–Crippen MR) is 85.9 cm³/mol. The smallest absolute Gasteiger partial charge is 0.303 e. The number of aromatic nitrogens is 1. The Morgan fingerprint density at radius 3 is 2.71 bits per heavy atom. The van der Waals surface area contributed by atoms with Crippen LogP contribution in [0.3, 0.4) is 0 Å². The Kier molecular flexibility index (Phi) is 5.75. The molecular formula is C16H20N2O2S. The van der Waals surface area contributed by atoms with E-state index in [4.69, 9.17) is 5.11 Å². The van der Waals surface area contributed by atoms with Crippen molar-refractivity contribution in [2.24, 2.45) is 0 Å². The van der Waals surface area contributed by atoms with Crippen molar-refractivity contribution in [3.8, 4) is 0 Å². The first kappa shape index (κ1) is 15.5. The number of carbonyl (C=O) groups is 1. The maximum atomic E-state index is 10.7. The Hall–Kier alpha value is -1.88. The molecule has 5 heteroatoms. The number of hydrogen-bond acceptors (Lipinski definition) is 4. The maximum Gasteiger partial charge on any atom is 0.303 e. The number of para-hydroxylation sites is 1. The number of rotatable bonds is 8. The molecule has 1 aromatic carbocycles. The van der Waals surface area contributed by atoms with Crippen LogP contribution in [0.15, 0.2) is 35.7 Å². The number of carboxylic acids is 1. The third kappa shape index (κ3) is 4.86.